The lowest BCUT2D eigenvalue weighted by atomic mass is 9.77. The molecular weight excluding hydrogens is 413 g/mol. The lowest BCUT2D eigenvalue weighted by Gasteiger charge is -2.41. The van der Waals surface area contributed by atoms with Crippen molar-refractivity contribution >= 4 is 29.1 Å². The van der Waals surface area contributed by atoms with Gasteiger partial charge in [0, 0.05) is 13.6 Å². The summed E-state index contributed by atoms with van der Waals surface area (Å²) in [5.41, 5.74) is -1.00. The van der Waals surface area contributed by atoms with Crippen LogP contribution < -0.4 is 10.2 Å². The van der Waals surface area contributed by atoms with E-state index in [1.54, 1.807) is 18.9 Å². The average molecular weight is 438 g/mol. The number of alkyl halides is 3. The molecule has 0 radical (unpaired) electrons. The number of rotatable bonds is 2. The highest BCUT2D eigenvalue weighted by Crippen LogP contribution is 2.42. The second-order valence-electron chi connectivity index (χ2n) is 8.67. The van der Waals surface area contributed by atoms with Crippen LogP contribution >= 0.6 is 0 Å². The van der Waals surface area contributed by atoms with Crippen LogP contribution in [0.1, 0.15) is 31.7 Å². The molecule has 168 valence electrons. The molecule has 1 aromatic carbocycles. The van der Waals surface area contributed by atoms with E-state index in [0.29, 0.717) is 25.9 Å². The van der Waals surface area contributed by atoms with E-state index in [1.165, 1.54) is 11.0 Å². The Kier molecular flexibility index (Phi) is 5.23. The van der Waals surface area contributed by atoms with Crippen molar-refractivity contribution in [3.8, 4) is 0 Å². The molecule has 3 aliphatic heterocycles. The minimum Gasteiger partial charge on any atom is -0.345 e. The third-order valence-corrected chi connectivity index (χ3v) is 6.84. The van der Waals surface area contributed by atoms with Gasteiger partial charge in [-0.25, -0.2) is 0 Å². The van der Waals surface area contributed by atoms with Crippen LogP contribution in [-0.4, -0.2) is 66.8 Å². The summed E-state index contributed by atoms with van der Waals surface area (Å²) in [5.74, 6) is -0.723. The summed E-state index contributed by atoms with van der Waals surface area (Å²) >= 11 is 0. The highest BCUT2D eigenvalue weighted by molar-refractivity contribution is 6.11. The Balaban J connectivity index is 1.50. The van der Waals surface area contributed by atoms with E-state index in [4.69, 9.17) is 0 Å². The molecule has 7 nitrogen and oxygen atoms in total. The number of hydrogen-bond acceptors (Lipinski definition) is 4. The molecule has 1 atom stereocenters. The van der Waals surface area contributed by atoms with Crippen molar-refractivity contribution < 1.29 is 27.6 Å². The first-order valence-electron chi connectivity index (χ1n) is 10.3. The Morgan fingerprint density at radius 1 is 1.13 bits per heavy atom. The van der Waals surface area contributed by atoms with Gasteiger partial charge < -0.3 is 10.2 Å². The van der Waals surface area contributed by atoms with Gasteiger partial charge in [0.2, 0.25) is 17.7 Å². The number of halogens is 3. The molecule has 3 aliphatic rings. The van der Waals surface area contributed by atoms with E-state index in [2.05, 4.69) is 5.32 Å². The van der Waals surface area contributed by atoms with Gasteiger partial charge >= 0.3 is 6.18 Å². The van der Waals surface area contributed by atoms with Crippen molar-refractivity contribution in [2.45, 2.75) is 38.4 Å². The molecule has 1 unspecified atom stereocenters. The molecule has 31 heavy (non-hydrogen) atoms. The Hall–Kier alpha value is -2.62. The molecule has 1 spiro atoms. The summed E-state index contributed by atoms with van der Waals surface area (Å²) in [6, 6.07) is 2.42. The van der Waals surface area contributed by atoms with Gasteiger partial charge in [-0.3, -0.25) is 24.2 Å². The summed E-state index contributed by atoms with van der Waals surface area (Å²) in [5, 5.41) is 2.43. The topological polar surface area (TPSA) is 73.0 Å². The minimum atomic E-state index is -4.55. The number of nitrogens with zero attached hydrogens (tertiary/aromatic N) is 3. The van der Waals surface area contributed by atoms with E-state index < -0.39 is 23.7 Å². The third-order valence-electron chi connectivity index (χ3n) is 6.84. The summed E-state index contributed by atoms with van der Waals surface area (Å²) in [4.78, 5) is 42.8. The molecule has 2 fully saturated rings. The van der Waals surface area contributed by atoms with E-state index >= 15 is 0 Å². The van der Waals surface area contributed by atoms with Gasteiger partial charge in [0.1, 0.15) is 6.54 Å². The van der Waals surface area contributed by atoms with Crippen LogP contribution in [0.15, 0.2) is 18.2 Å². The second-order valence-corrected chi connectivity index (χ2v) is 8.67. The van der Waals surface area contributed by atoms with Gasteiger partial charge in [-0.1, -0.05) is 0 Å². The lowest BCUT2D eigenvalue weighted by molar-refractivity contribution is -0.138. The number of piperidine rings is 1. The SMILES string of the molecule is CC(C(=O)N1CC(=O)Nc2cc(C(F)(F)F)ccc21)N1CCC2(CCN(C)C2=O)CC1. The highest BCUT2D eigenvalue weighted by Gasteiger charge is 2.48. The number of amides is 3. The number of fused-ring (bicyclic) bond motifs is 1. The van der Waals surface area contributed by atoms with Crippen LogP contribution in [0.3, 0.4) is 0 Å². The molecule has 2 saturated heterocycles. The third kappa shape index (κ3) is 3.77. The molecule has 10 heteroatoms. The van der Waals surface area contributed by atoms with Crippen molar-refractivity contribution in [2.75, 3.05) is 43.4 Å². The fourth-order valence-electron chi connectivity index (χ4n) is 4.84. The van der Waals surface area contributed by atoms with Crippen LogP contribution in [0, 0.1) is 5.41 Å². The number of benzene rings is 1. The van der Waals surface area contributed by atoms with Gasteiger partial charge in [-0.2, -0.15) is 13.2 Å². The number of nitrogens with one attached hydrogen (secondary N) is 1. The maximum absolute atomic E-state index is 13.2. The van der Waals surface area contributed by atoms with Crippen molar-refractivity contribution in [2.24, 2.45) is 5.41 Å². The Bertz CT molecular complexity index is 925. The molecule has 3 heterocycles. The van der Waals surface area contributed by atoms with E-state index in [9.17, 15) is 27.6 Å². The Morgan fingerprint density at radius 2 is 1.77 bits per heavy atom. The number of carbonyl (C=O) groups is 3. The molecule has 0 saturated carbocycles. The molecule has 0 aromatic heterocycles. The molecule has 4 rings (SSSR count). The first kappa shape index (κ1) is 21.6. The maximum Gasteiger partial charge on any atom is 0.416 e. The molecule has 1 aromatic rings. The van der Waals surface area contributed by atoms with E-state index in [-0.39, 0.29) is 35.1 Å². The normalized spacial score (nSPS) is 22.5. The van der Waals surface area contributed by atoms with Crippen molar-refractivity contribution in [1.29, 1.82) is 0 Å². The zero-order valence-electron chi connectivity index (χ0n) is 17.5. The van der Waals surface area contributed by atoms with E-state index in [1.807, 2.05) is 4.90 Å². The zero-order chi connectivity index (χ0) is 22.6. The number of likely N-dealkylation sites (tertiary alicyclic amines) is 2. The summed E-state index contributed by atoms with van der Waals surface area (Å²) in [7, 11) is 1.80. The zero-order valence-corrected chi connectivity index (χ0v) is 17.5. The van der Waals surface area contributed by atoms with Gasteiger partial charge in [0.25, 0.3) is 0 Å². The number of carbonyl (C=O) groups excluding carboxylic acids is 3. The molecule has 3 amide bonds. The quantitative estimate of drug-likeness (QED) is 0.769. The van der Waals surface area contributed by atoms with Crippen LogP contribution in [0.2, 0.25) is 0 Å². The van der Waals surface area contributed by atoms with Crippen molar-refractivity contribution in [1.82, 2.24) is 9.80 Å². The predicted octanol–water partition coefficient (Wildman–Crippen LogP) is 2.32. The van der Waals surface area contributed by atoms with E-state index in [0.717, 1.165) is 25.1 Å². The summed E-state index contributed by atoms with van der Waals surface area (Å²) in [6.45, 7) is 3.38. The van der Waals surface area contributed by atoms with Gasteiger partial charge in [-0.15, -0.1) is 0 Å². The fourth-order valence-corrected chi connectivity index (χ4v) is 4.84. The Labute approximate surface area is 178 Å². The minimum absolute atomic E-state index is 0.0242. The smallest absolute Gasteiger partial charge is 0.345 e. The molecule has 1 N–H and O–H groups in total. The fraction of sp³-hybridized carbons (Fsp3) is 0.571. The lowest BCUT2D eigenvalue weighted by Crippen LogP contribution is -2.54. The van der Waals surface area contributed by atoms with Crippen molar-refractivity contribution in [3.63, 3.8) is 0 Å². The first-order valence-corrected chi connectivity index (χ1v) is 10.3. The maximum atomic E-state index is 13.2. The van der Waals surface area contributed by atoms with Crippen LogP contribution in [0.25, 0.3) is 0 Å². The average Bonchev–Trinajstić information content (AvgIpc) is 3.00. The van der Waals surface area contributed by atoms with Crippen molar-refractivity contribution in [3.05, 3.63) is 23.8 Å². The van der Waals surface area contributed by atoms with Crippen LogP contribution in [-0.2, 0) is 20.6 Å². The van der Waals surface area contributed by atoms with Gasteiger partial charge in [0.15, 0.2) is 0 Å². The molecule has 0 aliphatic carbocycles. The first-order chi connectivity index (χ1) is 14.5. The monoisotopic (exact) mass is 438 g/mol. The Morgan fingerprint density at radius 3 is 2.35 bits per heavy atom. The van der Waals surface area contributed by atoms with Gasteiger partial charge in [0.05, 0.1) is 28.4 Å². The summed E-state index contributed by atoms with van der Waals surface area (Å²) < 4.78 is 39.1. The molecule has 0 bridgehead atoms. The predicted molar refractivity (Wildman–Crippen MR) is 107 cm³/mol. The largest absolute Gasteiger partial charge is 0.416 e. The van der Waals surface area contributed by atoms with Gasteiger partial charge in [-0.05, 0) is 57.5 Å². The van der Waals surface area contributed by atoms with Crippen LogP contribution in [0.5, 0.6) is 0 Å². The number of hydrogen-bond donors (Lipinski definition) is 1. The van der Waals surface area contributed by atoms with Crippen LogP contribution in [0.4, 0.5) is 24.5 Å². The standard InChI is InChI=1S/C21H25F3N4O3/c1-13(27-9-6-20(7-10-27)5-8-26(2)19(20)31)18(30)28-12-17(29)25-15-11-14(21(22,23)24)3-4-16(15)28/h3-4,11,13H,5-10,12H2,1-2H3,(H,25,29). The molecular formula is C21H25F3N4O3. The number of anilines is 2. The summed E-state index contributed by atoms with van der Waals surface area (Å²) in [6.07, 6.45) is -2.39. The second kappa shape index (κ2) is 7.51. The highest BCUT2D eigenvalue weighted by atomic mass is 19.4.